The van der Waals surface area contributed by atoms with E-state index in [1.54, 1.807) is 0 Å². The average molecular weight is 367 g/mol. The summed E-state index contributed by atoms with van der Waals surface area (Å²) in [7, 11) is 0. The van der Waals surface area contributed by atoms with Gasteiger partial charge in [-0.1, -0.05) is 17.7 Å². The number of nitrogens with zero attached hydrogens (tertiary/aromatic N) is 2. The number of fused-ring (bicyclic) bond motifs is 1. The van der Waals surface area contributed by atoms with Crippen LogP contribution >= 0.6 is 0 Å². The zero-order valence-electron chi connectivity index (χ0n) is 15.7. The van der Waals surface area contributed by atoms with Gasteiger partial charge < -0.3 is 5.32 Å². The zero-order chi connectivity index (χ0) is 19.6. The molecule has 0 saturated heterocycles. The maximum atomic E-state index is 13.4. The molecule has 3 rings (SSSR count). The first kappa shape index (κ1) is 18.8. The van der Waals surface area contributed by atoms with Gasteiger partial charge in [-0.3, -0.25) is 14.2 Å². The Bertz CT molecular complexity index is 1050. The lowest BCUT2D eigenvalue weighted by Gasteiger charge is -2.12. The van der Waals surface area contributed by atoms with Gasteiger partial charge in [0.15, 0.2) is 0 Å². The molecule has 0 aliphatic heterocycles. The molecule has 140 valence electrons. The summed E-state index contributed by atoms with van der Waals surface area (Å²) < 4.78 is 14.6. The lowest BCUT2D eigenvalue weighted by Crippen LogP contribution is -2.33. The fourth-order valence-corrected chi connectivity index (χ4v) is 3.39. The van der Waals surface area contributed by atoms with Gasteiger partial charge in [-0.05, 0) is 62.1 Å². The van der Waals surface area contributed by atoms with Crippen LogP contribution in [0.2, 0.25) is 0 Å². The van der Waals surface area contributed by atoms with Crippen LogP contribution in [0.25, 0.3) is 10.9 Å². The van der Waals surface area contributed by atoms with E-state index >= 15 is 0 Å². The average Bonchev–Trinajstić information content (AvgIpc) is 2.60. The van der Waals surface area contributed by atoms with Crippen LogP contribution in [-0.4, -0.2) is 22.0 Å². The third-order valence-corrected chi connectivity index (χ3v) is 4.64. The molecule has 27 heavy (non-hydrogen) atoms. The molecule has 0 radical (unpaired) electrons. The lowest BCUT2D eigenvalue weighted by atomic mass is 9.97. The smallest absolute Gasteiger partial charge is 0.261 e. The zero-order valence-corrected chi connectivity index (χ0v) is 15.7. The molecule has 1 N–H and O–H groups in total. The van der Waals surface area contributed by atoms with Crippen LogP contribution in [-0.2, 0) is 17.8 Å². The van der Waals surface area contributed by atoms with E-state index in [1.165, 1.54) is 45.3 Å². The number of hydrogen-bond acceptors (Lipinski definition) is 3. The Hall–Kier alpha value is -3.02. The molecule has 6 heteroatoms. The highest BCUT2D eigenvalue weighted by Crippen LogP contribution is 2.16. The molecule has 0 spiro atoms. The summed E-state index contributed by atoms with van der Waals surface area (Å²) >= 11 is 0. The summed E-state index contributed by atoms with van der Waals surface area (Å²) in [6, 6.07) is 8.10. The first-order chi connectivity index (χ1) is 12.8. The van der Waals surface area contributed by atoms with Gasteiger partial charge in [-0.25, -0.2) is 9.37 Å². The van der Waals surface area contributed by atoms with Crippen LogP contribution in [0.5, 0.6) is 0 Å². The highest BCUT2D eigenvalue weighted by atomic mass is 19.1. The molecule has 0 aliphatic carbocycles. The number of nitrogens with one attached hydrogen (secondary N) is 1. The highest BCUT2D eigenvalue weighted by molar-refractivity contribution is 5.79. The second-order valence-electron chi connectivity index (χ2n) is 6.82. The van der Waals surface area contributed by atoms with Gasteiger partial charge in [0, 0.05) is 6.54 Å². The second-order valence-corrected chi connectivity index (χ2v) is 6.82. The maximum Gasteiger partial charge on any atom is 0.261 e. The normalized spacial score (nSPS) is 11.0. The Labute approximate surface area is 156 Å². The number of carbonyl (C=O) groups is 1. The van der Waals surface area contributed by atoms with Crippen molar-refractivity contribution in [1.82, 2.24) is 14.9 Å². The van der Waals surface area contributed by atoms with Crippen LogP contribution in [0.1, 0.15) is 22.3 Å². The van der Waals surface area contributed by atoms with Crippen molar-refractivity contribution in [1.29, 1.82) is 0 Å². The van der Waals surface area contributed by atoms with Gasteiger partial charge in [0.05, 0.1) is 17.2 Å². The maximum absolute atomic E-state index is 13.4. The summed E-state index contributed by atoms with van der Waals surface area (Å²) in [6.07, 6.45) is 2.04. The van der Waals surface area contributed by atoms with Crippen LogP contribution in [0.15, 0.2) is 41.5 Å². The lowest BCUT2D eigenvalue weighted by molar-refractivity contribution is -0.121. The third kappa shape index (κ3) is 4.22. The molecule has 0 fully saturated rings. The summed E-state index contributed by atoms with van der Waals surface area (Å²) in [5.74, 6) is -0.787. The van der Waals surface area contributed by atoms with Crippen LogP contribution in [0.4, 0.5) is 4.39 Å². The summed E-state index contributed by atoms with van der Waals surface area (Å²) in [5.41, 5.74) is 4.83. The van der Waals surface area contributed by atoms with Crippen molar-refractivity contribution in [3.8, 4) is 0 Å². The minimum Gasteiger partial charge on any atom is -0.354 e. The molecule has 0 unspecified atom stereocenters. The van der Waals surface area contributed by atoms with Crippen LogP contribution in [0.3, 0.4) is 0 Å². The number of aryl methyl sites for hydroxylation is 3. The molecule has 0 aliphatic rings. The Morgan fingerprint density at radius 1 is 1.15 bits per heavy atom. The summed E-state index contributed by atoms with van der Waals surface area (Å²) in [6.45, 7) is 6.53. The number of benzene rings is 2. The number of rotatable bonds is 5. The molecule has 3 aromatic rings. The largest absolute Gasteiger partial charge is 0.354 e. The monoisotopic (exact) mass is 367 g/mol. The van der Waals surface area contributed by atoms with Crippen molar-refractivity contribution in [2.45, 2.75) is 33.7 Å². The van der Waals surface area contributed by atoms with Gasteiger partial charge in [-0.2, -0.15) is 0 Å². The summed E-state index contributed by atoms with van der Waals surface area (Å²) in [4.78, 5) is 28.7. The molecular formula is C21H22FN3O2. The minimum absolute atomic E-state index is 0.149. The second kappa shape index (κ2) is 7.70. The molecule has 1 aromatic heterocycles. The molecule has 1 amide bonds. The Balaban J connectivity index is 1.66. The van der Waals surface area contributed by atoms with E-state index in [1.807, 2.05) is 0 Å². The van der Waals surface area contributed by atoms with Gasteiger partial charge in [0.2, 0.25) is 5.91 Å². The van der Waals surface area contributed by atoms with Crippen molar-refractivity contribution >= 4 is 16.8 Å². The molecular weight excluding hydrogens is 345 g/mol. The Kier molecular flexibility index (Phi) is 5.35. The number of hydrogen-bond donors (Lipinski definition) is 1. The predicted molar refractivity (Wildman–Crippen MR) is 103 cm³/mol. The van der Waals surface area contributed by atoms with E-state index < -0.39 is 11.4 Å². The van der Waals surface area contributed by atoms with Gasteiger partial charge in [0.1, 0.15) is 12.4 Å². The van der Waals surface area contributed by atoms with Gasteiger partial charge in [-0.15, -0.1) is 0 Å². The fraction of sp³-hybridized carbons (Fsp3) is 0.286. The molecule has 2 aromatic carbocycles. The predicted octanol–water partition coefficient (Wildman–Crippen LogP) is 2.82. The van der Waals surface area contributed by atoms with Crippen molar-refractivity contribution in [2.24, 2.45) is 0 Å². The summed E-state index contributed by atoms with van der Waals surface area (Å²) in [5, 5.41) is 3.00. The number of amides is 1. The third-order valence-electron chi connectivity index (χ3n) is 4.64. The highest BCUT2D eigenvalue weighted by Gasteiger charge is 2.10. The Morgan fingerprint density at radius 2 is 1.85 bits per heavy atom. The fourth-order valence-electron chi connectivity index (χ4n) is 3.39. The first-order valence-corrected chi connectivity index (χ1v) is 8.83. The molecule has 0 saturated carbocycles. The van der Waals surface area contributed by atoms with Crippen molar-refractivity contribution in [2.75, 3.05) is 6.54 Å². The van der Waals surface area contributed by atoms with Gasteiger partial charge >= 0.3 is 0 Å². The van der Waals surface area contributed by atoms with Crippen molar-refractivity contribution < 1.29 is 9.18 Å². The Morgan fingerprint density at radius 3 is 2.56 bits per heavy atom. The van der Waals surface area contributed by atoms with Crippen molar-refractivity contribution in [3.05, 3.63) is 75.1 Å². The minimum atomic E-state index is -0.507. The molecule has 5 nitrogen and oxygen atoms in total. The quantitative estimate of drug-likeness (QED) is 0.754. The van der Waals surface area contributed by atoms with Crippen LogP contribution in [0, 0.1) is 26.6 Å². The van der Waals surface area contributed by atoms with E-state index in [0.29, 0.717) is 12.1 Å². The van der Waals surface area contributed by atoms with Gasteiger partial charge in [0.25, 0.3) is 5.56 Å². The molecule has 0 bridgehead atoms. The topological polar surface area (TPSA) is 64.0 Å². The van der Waals surface area contributed by atoms with E-state index in [2.05, 4.69) is 43.2 Å². The van der Waals surface area contributed by atoms with E-state index in [0.717, 1.165) is 12.5 Å². The first-order valence-electron chi connectivity index (χ1n) is 8.83. The van der Waals surface area contributed by atoms with Crippen molar-refractivity contribution in [3.63, 3.8) is 0 Å². The van der Waals surface area contributed by atoms with E-state index in [4.69, 9.17) is 0 Å². The van der Waals surface area contributed by atoms with E-state index in [-0.39, 0.29) is 17.8 Å². The molecule has 0 atom stereocenters. The number of aromatic nitrogens is 2. The number of carbonyl (C=O) groups excluding carboxylic acids is 1. The SMILES string of the molecule is Cc1cc(C)c(CCNC(=O)Cn2cnc3ccc(F)cc3c2=O)c(C)c1. The number of halogens is 1. The standard InChI is InChI=1S/C21H22FN3O2/c1-13-8-14(2)17(15(3)9-13)6-7-23-20(26)11-25-12-24-19-5-4-16(22)10-18(19)21(25)27/h4-5,8-10,12H,6-7,11H2,1-3H3,(H,23,26). The van der Waals surface area contributed by atoms with E-state index in [9.17, 15) is 14.0 Å². The van der Waals surface area contributed by atoms with Crippen LogP contribution < -0.4 is 10.9 Å². The molecule has 1 heterocycles.